The number of nitrogens with zero attached hydrogens (tertiary/aromatic N) is 1. The van der Waals surface area contributed by atoms with Gasteiger partial charge in [0.2, 0.25) is 10.0 Å². The zero-order valence-electron chi connectivity index (χ0n) is 11.0. The van der Waals surface area contributed by atoms with Crippen LogP contribution in [0.5, 0.6) is 0 Å². The van der Waals surface area contributed by atoms with Gasteiger partial charge in [0.15, 0.2) is 0 Å². The maximum Gasteiger partial charge on any atom is 0.243 e. The van der Waals surface area contributed by atoms with Crippen LogP contribution in [-0.4, -0.2) is 35.6 Å². The summed E-state index contributed by atoms with van der Waals surface area (Å²) in [6.45, 7) is 0.628. The Morgan fingerprint density at radius 3 is 3.00 bits per heavy atom. The highest BCUT2D eigenvalue weighted by atomic mass is 79.9. The van der Waals surface area contributed by atoms with Crippen LogP contribution < -0.4 is 0 Å². The molecule has 0 aliphatic carbocycles. The summed E-state index contributed by atoms with van der Waals surface area (Å²) in [7, 11) is -3.39. The number of benzene rings is 1. The maximum atomic E-state index is 12.8. The van der Waals surface area contributed by atoms with Crippen molar-refractivity contribution in [2.75, 3.05) is 11.9 Å². The largest absolute Gasteiger partial charge is 0.361 e. The van der Waals surface area contributed by atoms with Gasteiger partial charge in [-0.1, -0.05) is 22.0 Å². The summed E-state index contributed by atoms with van der Waals surface area (Å²) < 4.78 is 27.2. The lowest BCUT2D eigenvalue weighted by atomic mass is 10.2. The molecular formula is C14H17BrN2O2S. The molecule has 1 aliphatic heterocycles. The first-order chi connectivity index (χ1) is 9.63. The van der Waals surface area contributed by atoms with Gasteiger partial charge in [0.25, 0.3) is 0 Å². The second-order valence-electron chi connectivity index (χ2n) is 5.12. The third kappa shape index (κ3) is 2.40. The first kappa shape index (κ1) is 14.1. The standard InChI is InChI=1S/C14H17BrN2O2S/c15-7-5-12-2-1-9-17(12)20(18,19)13-4-3-11-6-8-16-14(11)10-13/h3-4,6,8,10,12,16H,1-2,5,7,9H2. The molecule has 20 heavy (non-hydrogen) atoms. The van der Waals surface area contributed by atoms with Crippen molar-refractivity contribution >= 4 is 36.9 Å². The highest BCUT2D eigenvalue weighted by Gasteiger charge is 2.34. The number of hydrogen-bond donors (Lipinski definition) is 1. The van der Waals surface area contributed by atoms with Crippen molar-refractivity contribution in [3.8, 4) is 0 Å². The highest BCUT2D eigenvalue weighted by molar-refractivity contribution is 9.09. The Morgan fingerprint density at radius 2 is 2.20 bits per heavy atom. The number of fused-ring (bicyclic) bond motifs is 1. The molecule has 0 saturated carbocycles. The van der Waals surface area contributed by atoms with Crippen molar-refractivity contribution in [1.82, 2.24) is 9.29 Å². The van der Waals surface area contributed by atoms with E-state index in [1.807, 2.05) is 18.3 Å². The van der Waals surface area contributed by atoms with Crippen molar-refractivity contribution in [1.29, 1.82) is 0 Å². The van der Waals surface area contributed by atoms with Crippen LogP contribution in [0.15, 0.2) is 35.4 Å². The summed E-state index contributed by atoms with van der Waals surface area (Å²) >= 11 is 3.41. The van der Waals surface area contributed by atoms with Gasteiger partial charge in [0, 0.05) is 29.6 Å². The molecule has 1 saturated heterocycles. The Balaban J connectivity index is 1.97. The van der Waals surface area contributed by atoms with E-state index >= 15 is 0 Å². The molecule has 0 bridgehead atoms. The maximum absolute atomic E-state index is 12.8. The van der Waals surface area contributed by atoms with Crippen molar-refractivity contribution in [2.24, 2.45) is 0 Å². The van der Waals surface area contributed by atoms with Gasteiger partial charge in [-0.2, -0.15) is 4.31 Å². The van der Waals surface area contributed by atoms with E-state index in [-0.39, 0.29) is 6.04 Å². The molecule has 4 nitrogen and oxygen atoms in total. The third-order valence-corrected chi connectivity index (χ3v) is 6.30. The molecule has 1 atom stereocenters. The van der Waals surface area contributed by atoms with E-state index in [1.165, 1.54) is 0 Å². The summed E-state index contributed by atoms with van der Waals surface area (Å²) in [6, 6.07) is 7.35. The quantitative estimate of drug-likeness (QED) is 0.855. The Labute approximate surface area is 127 Å². The second kappa shape index (κ2) is 5.50. The number of halogens is 1. The molecule has 3 rings (SSSR count). The molecule has 0 spiro atoms. The molecule has 6 heteroatoms. The molecule has 1 aromatic carbocycles. The van der Waals surface area contributed by atoms with Gasteiger partial charge < -0.3 is 4.98 Å². The van der Waals surface area contributed by atoms with Crippen LogP contribution >= 0.6 is 15.9 Å². The number of nitrogens with one attached hydrogen (secondary N) is 1. The normalized spacial score (nSPS) is 20.8. The zero-order chi connectivity index (χ0) is 14.2. The van der Waals surface area contributed by atoms with Gasteiger partial charge in [-0.05, 0) is 42.8 Å². The van der Waals surface area contributed by atoms with Gasteiger partial charge in [0.05, 0.1) is 4.90 Å². The Kier molecular flexibility index (Phi) is 3.88. The van der Waals surface area contributed by atoms with E-state index in [9.17, 15) is 8.42 Å². The molecule has 1 aliphatic rings. The van der Waals surface area contributed by atoms with Crippen LogP contribution in [0.25, 0.3) is 10.9 Å². The van der Waals surface area contributed by atoms with Crippen molar-refractivity contribution in [3.63, 3.8) is 0 Å². The molecule has 0 radical (unpaired) electrons. The first-order valence-corrected chi connectivity index (χ1v) is 9.34. The molecule has 1 aromatic heterocycles. The topological polar surface area (TPSA) is 53.2 Å². The third-order valence-electron chi connectivity index (χ3n) is 3.90. The van der Waals surface area contributed by atoms with Crippen LogP contribution in [0.3, 0.4) is 0 Å². The van der Waals surface area contributed by atoms with Gasteiger partial charge in [-0.15, -0.1) is 0 Å². The van der Waals surface area contributed by atoms with Crippen LogP contribution in [0.2, 0.25) is 0 Å². The van der Waals surface area contributed by atoms with Crippen LogP contribution in [0, 0.1) is 0 Å². The fourth-order valence-electron chi connectivity index (χ4n) is 2.86. The number of sulfonamides is 1. The predicted octanol–water partition coefficient (Wildman–Crippen LogP) is 3.11. The number of aromatic nitrogens is 1. The van der Waals surface area contributed by atoms with E-state index in [0.29, 0.717) is 11.4 Å². The summed E-state index contributed by atoms with van der Waals surface area (Å²) in [4.78, 5) is 3.45. The zero-order valence-corrected chi connectivity index (χ0v) is 13.5. The SMILES string of the molecule is O=S(=O)(c1ccc2cc[nH]c2c1)N1CCCC1CCBr. The number of hydrogen-bond acceptors (Lipinski definition) is 2. The monoisotopic (exact) mass is 356 g/mol. The fourth-order valence-corrected chi connectivity index (χ4v) is 5.14. The number of H-pyrrole nitrogens is 1. The van der Waals surface area contributed by atoms with Crippen molar-refractivity contribution in [2.45, 2.75) is 30.2 Å². The number of rotatable bonds is 4. The fraction of sp³-hybridized carbons (Fsp3) is 0.429. The van der Waals surface area contributed by atoms with E-state index in [1.54, 1.807) is 16.4 Å². The lowest BCUT2D eigenvalue weighted by Gasteiger charge is -2.23. The molecule has 108 valence electrons. The Bertz CT molecular complexity index is 711. The average molecular weight is 357 g/mol. The smallest absolute Gasteiger partial charge is 0.243 e. The van der Waals surface area contributed by atoms with E-state index in [2.05, 4.69) is 20.9 Å². The van der Waals surface area contributed by atoms with E-state index in [4.69, 9.17) is 0 Å². The lowest BCUT2D eigenvalue weighted by Crippen LogP contribution is -2.35. The minimum atomic E-state index is -3.39. The summed E-state index contributed by atoms with van der Waals surface area (Å²) in [5.74, 6) is 0. The van der Waals surface area contributed by atoms with Crippen LogP contribution in [0.1, 0.15) is 19.3 Å². The van der Waals surface area contributed by atoms with E-state index < -0.39 is 10.0 Å². The molecule has 1 unspecified atom stereocenters. The molecule has 0 amide bonds. The molecular weight excluding hydrogens is 340 g/mol. The summed E-state index contributed by atoms with van der Waals surface area (Å²) in [6.07, 6.45) is 4.59. The predicted molar refractivity (Wildman–Crippen MR) is 83.6 cm³/mol. The molecule has 1 N–H and O–H groups in total. The van der Waals surface area contributed by atoms with Gasteiger partial charge in [-0.3, -0.25) is 0 Å². The van der Waals surface area contributed by atoms with Gasteiger partial charge >= 0.3 is 0 Å². The Morgan fingerprint density at radius 1 is 1.35 bits per heavy atom. The molecule has 2 aromatic rings. The van der Waals surface area contributed by atoms with Crippen molar-refractivity contribution in [3.05, 3.63) is 30.5 Å². The lowest BCUT2D eigenvalue weighted by molar-refractivity contribution is 0.382. The van der Waals surface area contributed by atoms with Gasteiger partial charge in [0.1, 0.15) is 0 Å². The minimum absolute atomic E-state index is 0.124. The molecule has 2 heterocycles. The summed E-state index contributed by atoms with van der Waals surface area (Å²) in [5.41, 5.74) is 0.863. The number of alkyl halides is 1. The minimum Gasteiger partial charge on any atom is -0.361 e. The van der Waals surface area contributed by atoms with Crippen molar-refractivity contribution < 1.29 is 8.42 Å². The Hall–Kier alpha value is -0.850. The van der Waals surface area contributed by atoms with Crippen LogP contribution in [0.4, 0.5) is 0 Å². The summed E-state index contributed by atoms with van der Waals surface area (Å²) in [5, 5.41) is 1.86. The first-order valence-electron chi connectivity index (χ1n) is 6.78. The average Bonchev–Trinajstić information content (AvgIpc) is 3.06. The number of aromatic amines is 1. The second-order valence-corrected chi connectivity index (χ2v) is 7.80. The van der Waals surface area contributed by atoms with E-state index in [0.717, 1.165) is 35.5 Å². The van der Waals surface area contributed by atoms with Gasteiger partial charge in [-0.25, -0.2) is 8.42 Å². The van der Waals surface area contributed by atoms with Crippen LogP contribution in [-0.2, 0) is 10.0 Å². The highest BCUT2D eigenvalue weighted by Crippen LogP contribution is 2.29. The molecule has 1 fully saturated rings.